The van der Waals surface area contributed by atoms with E-state index in [1.165, 1.54) is 6.20 Å². The van der Waals surface area contributed by atoms with Crippen LogP contribution in [0.4, 0.5) is 10.6 Å². The van der Waals surface area contributed by atoms with Gasteiger partial charge in [-0.1, -0.05) is 19.9 Å². The molecule has 1 saturated heterocycles. The van der Waals surface area contributed by atoms with E-state index in [2.05, 4.69) is 15.6 Å². The molecule has 4 amide bonds. The van der Waals surface area contributed by atoms with Crippen molar-refractivity contribution in [3.05, 3.63) is 47.7 Å². The number of pyridine rings is 1. The van der Waals surface area contributed by atoms with Crippen LogP contribution in [0.2, 0.25) is 0 Å². The number of urea groups is 1. The van der Waals surface area contributed by atoms with E-state index in [1.54, 1.807) is 58.0 Å². The van der Waals surface area contributed by atoms with Gasteiger partial charge in [-0.25, -0.2) is 19.5 Å². The summed E-state index contributed by atoms with van der Waals surface area (Å²) in [7, 11) is 0. The van der Waals surface area contributed by atoms with E-state index >= 15 is 0 Å². The highest BCUT2D eigenvalue weighted by Gasteiger charge is 2.55. The van der Waals surface area contributed by atoms with E-state index in [-0.39, 0.29) is 31.6 Å². The van der Waals surface area contributed by atoms with Crippen LogP contribution in [0.3, 0.4) is 0 Å². The fourth-order valence-electron chi connectivity index (χ4n) is 4.19. The van der Waals surface area contributed by atoms with Gasteiger partial charge in [0.2, 0.25) is 18.6 Å². The summed E-state index contributed by atoms with van der Waals surface area (Å²) in [6.45, 7) is 7.20. The number of carbonyl (C=O) groups excluding carboxylic acids is 4. The van der Waals surface area contributed by atoms with Crippen molar-refractivity contribution in [2.24, 2.45) is 11.8 Å². The lowest BCUT2D eigenvalue weighted by molar-refractivity contribution is -0.169. The second kappa shape index (κ2) is 10.9. The first kappa shape index (κ1) is 25.9. The number of anilines is 1. The van der Waals surface area contributed by atoms with Crippen molar-refractivity contribution >= 4 is 29.6 Å². The number of aromatic nitrogens is 1. The highest BCUT2D eigenvalue weighted by molar-refractivity contribution is 6.08. The lowest BCUT2D eigenvalue weighted by atomic mass is 9.82. The van der Waals surface area contributed by atoms with Gasteiger partial charge in [-0.3, -0.25) is 9.59 Å². The van der Waals surface area contributed by atoms with Crippen molar-refractivity contribution in [1.29, 1.82) is 0 Å². The van der Waals surface area contributed by atoms with E-state index in [1.807, 2.05) is 0 Å². The van der Waals surface area contributed by atoms with E-state index in [9.17, 15) is 19.2 Å². The number of imide groups is 1. The smallest absolute Gasteiger partial charge is 0.330 e. The predicted octanol–water partition coefficient (Wildman–Crippen LogP) is 2.81. The minimum Gasteiger partial charge on any atom is -0.464 e. The monoisotopic (exact) mass is 510 g/mol. The Morgan fingerprint density at radius 1 is 1.14 bits per heavy atom. The Kier molecular flexibility index (Phi) is 7.61. The summed E-state index contributed by atoms with van der Waals surface area (Å²) < 4.78 is 15.9. The summed E-state index contributed by atoms with van der Waals surface area (Å²) in [5.74, 6) is -0.798. The Hall–Kier alpha value is -4.15. The maximum atomic E-state index is 13.1. The molecule has 0 saturated carbocycles. The molecule has 11 heteroatoms. The maximum Gasteiger partial charge on any atom is 0.330 e. The number of nitrogens with one attached hydrogen (secondary N) is 2. The third kappa shape index (κ3) is 5.50. The number of benzene rings is 1. The van der Waals surface area contributed by atoms with E-state index in [4.69, 9.17) is 14.2 Å². The fourth-order valence-corrected chi connectivity index (χ4v) is 4.19. The molecule has 2 aromatic rings. The van der Waals surface area contributed by atoms with Crippen LogP contribution in [0.1, 0.15) is 44.9 Å². The average Bonchev–Trinajstić information content (AvgIpc) is 3.33. The number of likely N-dealkylation sites (tertiary alicyclic amines) is 1. The van der Waals surface area contributed by atoms with Crippen molar-refractivity contribution < 1.29 is 33.4 Å². The van der Waals surface area contributed by atoms with E-state index in [0.29, 0.717) is 22.9 Å². The largest absolute Gasteiger partial charge is 0.464 e. The molecule has 2 N–H and O–H groups in total. The molecule has 1 fully saturated rings. The molecule has 2 aliphatic heterocycles. The number of rotatable bonds is 8. The van der Waals surface area contributed by atoms with Gasteiger partial charge < -0.3 is 24.8 Å². The van der Waals surface area contributed by atoms with Crippen LogP contribution < -0.4 is 20.1 Å². The van der Waals surface area contributed by atoms with Gasteiger partial charge in [0.25, 0.3) is 0 Å². The zero-order chi connectivity index (χ0) is 26.7. The van der Waals surface area contributed by atoms with Crippen molar-refractivity contribution in [3.63, 3.8) is 0 Å². The van der Waals surface area contributed by atoms with Crippen LogP contribution >= 0.6 is 0 Å². The number of fused-ring (bicyclic) bond motifs is 1. The Balaban J connectivity index is 1.47. The molecule has 11 nitrogen and oxygen atoms in total. The topological polar surface area (TPSA) is 136 Å². The molecule has 0 unspecified atom stereocenters. The van der Waals surface area contributed by atoms with Crippen LogP contribution in [-0.2, 0) is 25.5 Å². The van der Waals surface area contributed by atoms with Gasteiger partial charge in [-0.15, -0.1) is 0 Å². The van der Waals surface area contributed by atoms with Crippen molar-refractivity contribution in [1.82, 2.24) is 15.2 Å². The number of hydrogen-bond acceptors (Lipinski definition) is 8. The summed E-state index contributed by atoms with van der Waals surface area (Å²) in [5, 5.41) is 5.50. The first-order valence-corrected chi connectivity index (χ1v) is 12.1. The molecule has 196 valence electrons. The van der Waals surface area contributed by atoms with Crippen molar-refractivity contribution in [2.45, 2.75) is 46.2 Å². The van der Waals surface area contributed by atoms with Gasteiger partial charge in [0, 0.05) is 12.1 Å². The molecule has 1 aromatic heterocycles. The zero-order valence-corrected chi connectivity index (χ0v) is 21.1. The van der Waals surface area contributed by atoms with Gasteiger partial charge in [0.1, 0.15) is 5.82 Å². The molecule has 2 aliphatic rings. The summed E-state index contributed by atoms with van der Waals surface area (Å²) in [6, 6.07) is 6.42. The minimum absolute atomic E-state index is 0.111. The quantitative estimate of drug-likeness (QED) is 0.409. The Labute approximate surface area is 214 Å². The number of ether oxygens (including phenoxy) is 3. The van der Waals surface area contributed by atoms with Gasteiger partial charge >= 0.3 is 12.0 Å². The average molecular weight is 511 g/mol. The second-order valence-corrected chi connectivity index (χ2v) is 9.19. The number of amides is 4. The highest BCUT2D eigenvalue weighted by atomic mass is 16.7. The Morgan fingerprint density at radius 2 is 1.89 bits per heavy atom. The third-order valence-electron chi connectivity index (χ3n) is 6.25. The van der Waals surface area contributed by atoms with Crippen molar-refractivity contribution in [2.75, 3.05) is 18.7 Å². The molecule has 0 bridgehead atoms. The summed E-state index contributed by atoms with van der Waals surface area (Å²) in [4.78, 5) is 56.0. The molecule has 37 heavy (non-hydrogen) atoms. The first-order chi connectivity index (χ1) is 17.7. The number of hydrogen-bond donors (Lipinski definition) is 2. The predicted molar refractivity (Wildman–Crippen MR) is 132 cm³/mol. The van der Waals surface area contributed by atoms with Gasteiger partial charge in [-0.05, 0) is 55.7 Å². The SMILES string of the molecule is CCOC(=O)[C@@H]1[C@@H](Cc2ccnc(NC(=O)C(C)C)c2)C(=O)N1C(=O)N[C@H](C)c1ccc2c(c1)OCO2. The Bertz CT molecular complexity index is 1220. The number of β-lactam (4-membered cyclic amide) rings is 1. The van der Waals surface area contributed by atoms with E-state index < -0.39 is 35.9 Å². The molecule has 0 radical (unpaired) electrons. The maximum absolute atomic E-state index is 13.1. The second-order valence-electron chi connectivity index (χ2n) is 9.19. The van der Waals surface area contributed by atoms with Gasteiger partial charge in [0.05, 0.1) is 18.6 Å². The molecule has 0 spiro atoms. The van der Waals surface area contributed by atoms with Crippen LogP contribution in [0.25, 0.3) is 0 Å². The van der Waals surface area contributed by atoms with Crippen LogP contribution in [-0.4, -0.2) is 53.1 Å². The summed E-state index contributed by atoms with van der Waals surface area (Å²) >= 11 is 0. The van der Waals surface area contributed by atoms with Crippen LogP contribution in [0, 0.1) is 11.8 Å². The molecule has 4 rings (SSSR count). The molecule has 1 aromatic carbocycles. The molecule has 3 atom stereocenters. The molecular weight excluding hydrogens is 480 g/mol. The third-order valence-corrected chi connectivity index (χ3v) is 6.25. The number of nitrogens with zero attached hydrogens (tertiary/aromatic N) is 2. The van der Waals surface area contributed by atoms with Crippen LogP contribution in [0.15, 0.2) is 36.5 Å². The summed E-state index contributed by atoms with van der Waals surface area (Å²) in [5.41, 5.74) is 1.44. The number of carbonyl (C=O) groups is 4. The molecule has 0 aliphatic carbocycles. The van der Waals surface area contributed by atoms with E-state index in [0.717, 1.165) is 10.5 Å². The molecular formula is C26H30N4O7. The minimum atomic E-state index is -1.07. The fraction of sp³-hybridized carbons (Fsp3) is 0.423. The van der Waals surface area contributed by atoms with Gasteiger partial charge in [0.15, 0.2) is 17.5 Å². The summed E-state index contributed by atoms with van der Waals surface area (Å²) in [6.07, 6.45) is 1.70. The van der Waals surface area contributed by atoms with Crippen molar-refractivity contribution in [3.8, 4) is 11.5 Å². The van der Waals surface area contributed by atoms with Crippen LogP contribution in [0.5, 0.6) is 11.5 Å². The normalized spacial score (nSPS) is 18.7. The highest BCUT2D eigenvalue weighted by Crippen LogP contribution is 2.35. The lowest BCUT2D eigenvalue weighted by Crippen LogP contribution is -2.69. The first-order valence-electron chi connectivity index (χ1n) is 12.1. The van der Waals surface area contributed by atoms with Gasteiger partial charge in [-0.2, -0.15) is 0 Å². The number of esters is 1. The zero-order valence-electron chi connectivity index (χ0n) is 21.1. The Morgan fingerprint density at radius 3 is 2.62 bits per heavy atom. The lowest BCUT2D eigenvalue weighted by Gasteiger charge is -2.44. The molecule has 3 heterocycles. The standard InChI is InChI=1S/C26H30N4O7/c1-5-35-25(33)22-18(10-16-8-9-27-21(11-16)29-23(31)14(2)3)24(32)30(22)26(34)28-15(4)17-6-7-19-20(12-17)37-13-36-19/h6-9,11-12,14-15,18,22H,5,10,13H2,1-4H3,(H,28,34)(H,27,29,31)/t15-,18-,22+/m1/s1.